The predicted molar refractivity (Wildman–Crippen MR) is 83.6 cm³/mol. The smallest absolute Gasteiger partial charge is 0.00399 e. The molecular formula is C17H22S. The van der Waals surface area contributed by atoms with E-state index in [0.717, 1.165) is 4.90 Å². The van der Waals surface area contributed by atoms with E-state index in [4.69, 9.17) is 0 Å². The van der Waals surface area contributed by atoms with E-state index in [1.54, 1.807) is 0 Å². The van der Waals surface area contributed by atoms with Gasteiger partial charge in [-0.1, -0.05) is 68.8 Å². The normalized spacial score (nSPS) is 10.5. The molecule has 0 fully saturated rings. The second kappa shape index (κ2) is 6.65. The Morgan fingerprint density at radius 2 is 1.28 bits per heavy atom. The molecule has 18 heavy (non-hydrogen) atoms. The summed E-state index contributed by atoms with van der Waals surface area (Å²) in [4.78, 5) is 1.02. The van der Waals surface area contributed by atoms with Crippen molar-refractivity contribution in [3.05, 3.63) is 65.7 Å². The van der Waals surface area contributed by atoms with Crippen LogP contribution >= 0.6 is 12.6 Å². The predicted octanol–water partition coefficient (Wildman–Crippen LogP) is 5.27. The Morgan fingerprint density at radius 3 is 1.61 bits per heavy atom. The molecular weight excluding hydrogens is 236 g/mol. The minimum atomic E-state index is 0.285. The van der Waals surface area contributed by atoms with Crippen LogP contribution in [0.2, 0.25) is 0 Å². The third kappa shape index (κ3) is 5.42. The van der Waals surface area contributed by atoms with Crippen molar-refractivity contribution < 1.29 is 0 Å². The van der Waals surface area contributed by atoms with Crippen LogP contribution in [0.4, 0.5) is 0 Å². The van der Waals surface area contributed by atoms with Gasteiger partial charge in [0.05, 0.1) is 0 Å². The third-order valence-electron chi connectivity index (χ3n) is 2.67. The Labute approximate surface area is 116 Å². The summed E-state index contributed by atoms with van der Waals surface area (Å²) in [6.45, 7) is 8.82. The van der Waals surface area contributed by atoms with Crippen LogP contribution in [0.15, 0.2) is 59.5 Å². The highest BCUT2D eigenvalue weighted by Gasteiger charge is 2.11. The van der Waals surface area contributed by atoms with Crippen molar-refractivity contribution in [2.45, 2.75) is 38.0 Å². The zero-order valence-electron chi connectivity index (χ0n) is 11.6. The molecule has 0 aliphatic heterocycles. The molecule has 0 aromatic heterocycles. The van der Waals surface area contributed by atoms with Gasteiger partial charge >= 0.3 is 0 Å². The largest absolute Gasteiger partial charge is 0.143 e. The number of benzene rings is 2. The van der Waals surface area contributed by atoms with E-state index < -0.39 is 0 Å². The Balaban J connectivity index is 0.000000199. The molecule has 0 heterocycles. The van der Waals surface area contributed by atoms with Crippen LogP contribution in [0, 0.1) is 6.92 Å². The Bertz CT molecular complexity index is 449. The van der Waals surface area contributed by atoms with Gasteiger partial charge in [-0.15, -0.1) is 12.6 Å². The Kier molecular flexibility index (Phi) is 5.49. The fraction of sp³-hybridized carbons (Fsp3) is 0.294. The first kappa shape index (κ1) is 14.8. The van der Waals surface area contributed by atoms with Crippen molar-refractivity contribution in [2.24, 2.45) is 0 Å². The zero-order valence-corrected chi connectivity index (χ0v) is 12.5. The van der Waals surface area contributed by atoms with Crippen molar-refractivity contribution in [3.63, 3.8) is 0 Å². The van der Waals surface area contributed by atoms with E-state index in [-0.39, 0.29) is 5.41 Å². The molecule has 0 amide bonds. The van der Waals surface area contributed by atoms with Gasteiger partial charge in [0.2, 0.25) is 0 Å². The van der Waals surface area contributed by atoms with E-state index >= 15 is 0 Å². The first-order chi connectivity index (χ1) is 8.39. The fourth-order valence-corrected chi connectivity index (χ4v) is 1.65. The lowest BCUT2D eigenvalue weighted by Gasteiger charge is -2.18. The maximum absolute atomic E-state index is 4.08. The van der Waals surface area contributed by atoms with Gasteiger partial charge in [0.15, 0.2) is 0 Å². The second-order valence-electron chi connectivity index (χ2n) is 5.45. The van der Waals surface area contributed by atoms with Gasteiger partial charge in [-0.2, -0.15) is 0 Å². The molecule has 0 saturated heterocycles. The van der Waals surface area contributed by atoms with Crippen molar-refractivity contribution >= 4 is 12.6 Å². The lowest BCUT2D eigenvalue weighted by atomic mass is 9.87. The summed E-state index contributed by atoms with van der Waals surface area (Å²) < 4.78 is 0. The van der Waals surface area contributed by atoms with Crippen LogP contribution in [0.5, 0.6) is 0 Å². The molecule has 2 aromatic rings. The summed E-state index contributed by atoms with van der Waals surface area (Å²) in [7, 11) is 0. The van der Waals surface area contributed by atoms with Crippen LogP contribution in [-0.2, 0) is 5.41 Å². The fourth-order valence-electron chi connectivity index (χ4n) is 1.48. The Morgan fingerprint density at radius 1 is 0.778 bits per heavy atom. The van der Waals surface area contributed by atoms with E-state index in [1.165, 1.54) is 11.1 Å². The molecule has 0 aliphatic carbocycles. The van der Waals surface area contributed by atoms with E-state index in [1.807, 2.05) is 30.3 Å². The van der Waals surface area contributed by atoms with Crippen molar-refractivity contribution in [2.75, 3.05) is 0 Å². The number of aryl methyl sites for hydroxylation is 1. The van der Waals surface area contributed by atoms with E-state index in [2.05, 4.69) is 64.6 Å². The molecule has 2 aromatic carbocycles. The maximum atomic E-state index is 4.08. The van der Waals surface area contributed by atoms with Gasteiger partial charge in [0.25, 0.3) is 0 Å². The maximum Gasteiger partial charge on any atom is 0.00399 e. The number of hydrogen-bond donors (Lipinski definition) is 1. The third-order valence-corrected chi connectivity index (χ3v) is 2.97. The molecule has 0 atom stereocenters. The molecule has 96 valence electrons. The number of thiol groups is 1. The molecule has 0 spiro atoms. The number of hydrogen-bond acceptors (Lipinski definition) is 1. The van der Waals surface area contributed by atoms with Gasteiger partial charge < -0.3 is 0 Å². The summed E-state index contributed by atoms with van der Waals surface area (Å²) in [5, 5.41) is 0. The average molecular weight is 258 g/mol. The van der Waals surface area contributed by atoms with Crippen molar-refractivity contribution in [1.29, 1.82) is 0 Å². The molecule has 0 aliphatic rings. The molecule has 1 heteroatoms. The van der Waals surface area contributed by atoms with Gasteiger partial charge in [-0.25, -0.2) is 0 Å². The molecule has 0 bridgehead atoms. The van der Waals surface area contributed by atoms with Gasteiger partial charge in [-0.05, 0) is 30.0 Å². The van der Waals surface area contributed by atoms with Crippen molar-refractivity contribution in [1.82, 2.24) is 0 Å². The summed E-state index contributed by atoms with van der Waals surface area (Å²) in [6.07, 6.45) is 0. The lowest BCUT2D eigenvalue weighted by Crippen LogP contribution is -2.10. The standard InChI is InChI=1S/C11H16.C6H6S/c1-9-5-7-10(8-6-9)11(2,3)4;7-6-4-2-1-3-5-6/h5-8H,1-4H3;1-5,7H. The SMILES string of the molecule is Cc1ccc(C(C)(C)C)cc1.Sc1ccccc1. The van der Waals surface area contributed by atoms with Gasteiger partial charge in [0.1, 0.15) is 0 Å². The molecule has 2 rings (SSSR count). The van der Waals surface area contributed by atoms with E-state index in [9.17, 15) is 0 Å². The summed E-state index contributed by atoms with van der Waals surface area (Å²) in [5.74, 6) is 0. The molecule has 0 radical (unpaired) electrons. The highest BCUT2D eigenvalue weighted by Crippen LogP contribution is 2.21. The minimum Gasteiger partial charge on any atom is -0.143 e. The van der Waals surface area contributed by atoms with Crippen LogP contribution in [0.25, 0.3) is 0 Å². The second-order valence-corrected chi connectivity index (χ2v) is 5.97. The Hall–Kier alpha value is -1.21. The first-order valence-corrected chi connectivity index (χ1v) is 6.65. The molecule has 0 unspecified atom stereocenters. The van der Waals surface area contributed by atoms with Crippen molar-refractivity contribution in [3.8, 4) is 0 Å². The monoisotopic (exact) mass is 258 g/mol. The first-order valence-electron chi connectivity index (χ1n) is 6.21. The topological polar surface area (TPSA) is 0 Å². The molecule has 0 saturated carbocycles. The molecule has 0 N–H and O–H groups in total. The average Bonchev–Trinajstić information content (AvgIpc) is 2.30. The summed E-state index contributed by atoms with van der Waals surface area (Å²) in [6, 6.07) is 18.5. The van der Waals surface area contributed by atoms with Crippen LogP contribution in [-0.4, -0.2) is 0 Å². The van der Waals surface area contributed by atoms with Crippen LogP contribution in [0.3, 0.4) is 0 Å². The van der Waals surface area contributed by atoms with Gasteiger partial charge in [-0.3, -0.25) is 0 Å². The minimum absolute atomic E-state index is 0.285. The lowest BCUT2D eigenvalue weighted by molar-refractivity contribution is 0.590. The van der Waals surface area contributed by atoms with Crippen LogP contribution < -0.4 is 0 Å². The van der Waals surface area contributed by atoms with E-state index in [0.29, 0.717) is 0 Å². The highest BCUT2D eigenvalue weighted by atomic mass is 32.1. The molecule has 0 nitrogen and oxygen atoms in total. The summed E-state index contributed by atoms with van der Waals surface area (Å²) in [5.41, 5.74) is 3.02. The van der Waals surface area contributed by atoms with Gasteiger partial charge in [0, 0.05) is 4.90 Å². The van der Waals surface area contributed by atoms with Crippen LogP contribution in [0.1, 0.15) is 31.9 Å². The quantitative estimate of drug-likeness (QED) is 0.612. The zero-order chi connectivity index (χ0) is 13.6. The summed E-state index contributed by atoms with van der Waals surface area (Å²) >= 11 is 4.08. The highest BCUT2D eigenvalue weighted by molar-refractivity contribution is 7.80. The number of rotatable bonds is 0.